The smallest absolute Gasteiger partial charge is 0.326 e. The van der Waals surface area contributed by atoms with Crippen LogP contribution in [0.15, 0.2) is 53.5 Å². The van der Waals surface area contributed by atoms with Gasteiger partial charge in [0.25, 0.3) is 5.91 Å². The van der Waals surface area contributed by atoms with Crippen LogP contribution in [0.4, 0.5) is 0 Å². The van der Waals surface area contributed by atoms with Crippen molar-refractivity contribution in [2.45, 2.75) is 26.5 Å². The van der Waals surface area contributed by atoms with Gasteiger partial charge in [-0.05, 0) is 44.2 Å². The Hall–Kier alpha value is -3.13. The molecule has 0 bridgehead atoms. The fourth-order valence-corrected chi connectivity index (χ4v) is 3.76. The van der Waals surface area contributed by atoms with E-state index >= 15 is 0 Å². The highest BCUT2D eigenvalue weighted by Gasteiger charge is 2.17. The molecule has 7 nitrogen and oxygen atoms in total. The van der Waals surface area contributed by atoms with E-state index in [4.69, 9.17) is 14.2 Å². The number of benzene rings is 2. The van der Waals surface area contributed by atoms with Gasteiger partial charge >= 0.3 is 5.97 Å². The van der Waals surface area contributed by atoms with E-state index in [0.29, 0.717) is 16.3 Å². The number of ether oxygens (including phenoxy) is 3. The third-order valence-electron chi connectivity index (χ3n) is 4.09. The Morgan fingerprint density at radius 3 is 2.59 bits per heavy atom. The fraction of sp³-hybridized carbons (Fsp3) is 0.286. The maximum absolute atomic E-state index is 12.6. The minimum absolute atomic E-state index is 0.0415. The fourth-order valence-electron chi connectivity index (χ4n) is 2.69. The molecular formula is C21H22N2O5S. The van der Waals surface area contributed by atoms with Crippen molar-refractivity contribution < 1.29 is 23.8 Å². The van der Waals surface area contributed by atoms with Crippen LogP contribution in [0.1, 0.15) is 13.8 Å². The molecule has 0 saturated heterocycles. The Balaban J connectivity index is 1.96. The van der Waals surface area contributed by atoms with Crippen molar-refractivity contribution >= 4 is 33.4 Å². The number of hydrogen-bond acceptors (Lipinski definition) is 6. The van der Waals surface area contributed by atoms with Crippen molar-refractivity contribution in [3.05, 3.63) is 53.3 Å². The summed E-state index contributed by atoms with van der Waals surface area (Å²) in [7, 11) is 1.58. The SMILES string of the molecule is CCOC(=O)Cn1c(=NC(=O)C(C)Oc2ccccc2)sc2cc(OC)ccc21. The number of hydrogen-bond donors (Lipinski definition) is 0. The maximum Gasteiger partial charge on any atom is 0.326 e. The second-order valence-electron chi connectivity index (χ2n) is 6.13. The molecule has 152 valence electrons. The molecule has 1 heterocycles. The van der Waals surface area contributed by atoms with E-state index in [2.05, 4.69) is 4.99 Å². The van der Waals surface area contributed by atoms with E-state index in [0.717, 1.165) is 10.2 Å². The van der Waals surface area contributed by atoms with Gasteiger partial charge < -0.3 is 18.8 Å². The minimum atomic E-state index is -0.770. The van der Waals surface area contributed by atoms with Gasteiger partial charge in [-0.3, -0.25) is 9.59 Å². The lowest BCUT2D eigenvalue weighted by Crippen LogP contribution is -2.27. The Labute approximate surface area is 172 Å². The van der Waals surface area contributed by atoms with E-state index in [1.165, 1.54) is 11.3 Å². The van der Waals surface area contributed by atoms with Crippen molar-refractivity contribution in [2.75, 3.05) is 13.7 Å². The van der Waals surface area contributed by atoms with E-state index in [1.54, 1.807) is 43.7 Å². The predicted molar refractivity (Wildman–Crippen MR) is 110 cm³/mol. The van der Waals surface area contributed by atoms with Gasteiger partial charge in [0, 0.05) is 0 Å². The van der Waals surface area contributed by atoms with Crippen LogP contribution in [0, 0.1) is 0 Å². The molecule has 1 unspecified atom stereocenters. The summed E-state index contributed by atoms with van der Waals surface area (Å²) < 4.78 is 18.5. The molecule has 0 aliphatic heterocycles. The molecule has 0 aliphatic carbocycles. The van der Waals surface area contributed by atoms with Gasteiger partial charge in [-0.2, -0.15) is 4.99 Å². The van der Waals surface area contributed by atoms with Crippen LogP contribution in [-0.2, 0) is 20.9 Å². The number of methoxy groups -OCH3 is 1. The zero-order valence-electron chi connectivity index (χ0n) is 16.5. The molecule has 0 aliphatic rings. The number of thiazole rings is 1. The van der Waals surface area contributed by atoms with Crippen LogP contribution in [-0.4, -0.2) is 36.3 Å². The third kappa shape index (κ3) is 5.03. The Morgan fingerprint density at radius 1 is 1.14 bits per heavy atom. The van der Waals surface area contributed by atoms with E-state index in [-0.39, 0.29) is 13.2 Å². The summed E-state index contributed by atoms with van der Waals surface area (Å²) >= 11 is 1.30. The number of fused-ring (bicyclic) bond motifs is 1. The van der Waals surface area contributed by atoms with Crippen LogP contribution in [0.2, 0.25) is 0 Å². The van der Waals surface area contributed by atoms with Gasteiger partial charge in [0.1, 0.15) is 18.0 Å². The highest BCUT2D eigenvalue weighted by Crippen LogP contribution is 2.23. The van der Waals surface area contributed by atoms with Gasteiger partial charge in [-0.15, -0.1) is 0 Å². The van der Waals surface area contributed by atoms with Gasteiger partial charge in [0.05, 0.1) is 23.9 Å². The largest absolute Gasteiger partial charge is 0.497 e. The van der Waals surface area contributed by atoms with E-state index < -0.39 is 18.0 Å². The van der Waals surface area contributed by atoms with Crippen molar-refractivity contribution in [3.8, 4) is 11.5 Å². The number of carbonyl (C=O) groups is 2. The summed E-state index contributed by atoms with van der Waals surface area (Å²) in [5, 5.41) is 0. The summed E-state index contributed by atoms with van der Waals surface area (Å²) in [6.07, 6.45) is -0.770. The molecule has 29 heavy (non-hydrogen) atoms. The van der Waals surface area contributed by atoms with Crippen molar-refractivity contribution in [1.29, 1.82) is 0 Å². The molecule has 1 atom stereocenters. The average molecular weight is 414 g/mol. The topological polar surface area (TPSA) is 79.1 Å². The van der Waals surface area contributed by atoms with Crippen LogP contribution in [0.25, 0.3) is 10.2 Å². The molecular weight excluding hydrogens is 392 g/mol. The Morgan fingerprint density at radius 2 is 1.90 bits per heavy atom. The molecule has 0 N–H and O–H groups in total. The predicted octanol–water partition coefficient (Wildman–Crippen LogP) is 3.17. The van der Waals surface area contributed by atoms with Crippen LogP contribution < -0.4 is 14.3 Å². The first-order chi connectivity index (χ1) is 14.0. The molecule has 3 aromatic rings. The monoisotopic (exact) mass is 414 g/mol. The zero-order chi connectivity index (χ0) is 20.8. The number of para-hydroxylation sites is 1. The first-order valence-electron chi connectivity index (χ1n) is 9.15. The molecule has 8 heteroatoms. The molecule has 0 radical (unpaired) electrons. The molecule has 2 aromatic carbocycles. The molecule has 0 saturated carbocycles. The van der Waals surface area contributed by atoms with Gasteiger partial charge in [-0.1, -0.05) is 29.5 Å². The molecule has 1 aromatic heterocycles. The highest BCUT2D eigenvalue weighted by atomic mass is 32.1. The highest BCUT2D eigenvalue weighted by molar-refractivity contribution is 7.16. The second-order valence-corrected chi connectivity index (χ2v) is 7.14. The lowest BCUT2D eigenvalue weighted by Gasteiger charge is -2.10. The first kappa shape index (κ1) is 20.6. The summed E-state index contributed by atoms with van der Waals surface area (Å²) in [5.74, 6) is 0.431. The first-order valence-corrected chi connectivity index (χ1v) is 9.96. The van der Waals surface area contributed by atoms with Gasteiger partial charge in [-0.25, -0.2) is 0 Å². The number of rotatable bonds is 7. The lowest BCUT2D eigenvalue weighted by molar-refractivity contribution is -0.143. The van der Waals surface area contributed by atoms with E-state index in [1.807, 2.05) is 30.3 Å². The van der Waals surface area contributed by atoms with Crippen LogP contribution in [0.5, 0.6) is 11.5 Å². The summed E-state index contributed by atoms with van der Waals surface area (Å²) in [6, 6.07) is 14.5. The number of carbonyl (C=O) groups excluding carboxylic acids is 2. The van der Waals surface area contributed by atoms with Crippen LogP contribution in [0.3, 0.4) is 0 Å². The standard InChI is InChI=1S/C21H22N2O5S/c1-4-27-19(24)13-23-17-11-10-16(26-3)12-18(17)29-21(23)22-20(25)14(2)28-15-8-6-5-7-9-15/h5-12,14H,4,13H2,1-3H3. The quantitative estimate of drug-likeness (QED) is 0.555. The van der Waals surface area contributed by atoms with E-state index in [9.17, 15) is 9.59 Å². The lowest BCUT2D eigenvalue weighted by atomic mass is 10.3. The maximum atomic E-state index is 12.6. The minimum Gasteiger partial charge on any atom is -0.497 e. The van der Waals surface area contributed by atoms with Gasteiger partial charge in [0.15, 0.2) is 10.9 Å². The Bertz CT molecular complexity index is 1070. The van der Waals surface area contributed by atoms with Gasteiger partial charge in [0.2, 0.25) is 0 Å². The second kappa shape index (κ2) is 9.38. The Kier molecular flexibility index (Phi) is 6.66. The summed E-state index contributed by atoms with van der Waals surface area (Å²) in [5.41, 5.74) is 0.770. The molecule has 1 amide bonds. The van der Waals surface area contributed by atoms with Crippen molar-refractivity contribution in [3.63, 3.8) is 0 Å². The zero-order valence-corrected chi connectivity index (χ0v) is 17.3. The number of aromatic nitrogens is 1. The average Bonchev–Trinajstić information content (AvgIpc) is 3.04. The van der Waals surface area contributed by atoms with Crippen LogP contribution >= 0.6 is 11.3 Å². The number of nitrogens with zero attached hydrogens (tertiary/aromatic N) is 2. The summed E-state index contributed by atoms with van der Waals surface area (Å²) in [4.78, 5) is 29.3. The third-order valence-corrected chi connectivity index (χ3v) is 5.13. The summed E-state index contributed by atoms with van der Waals surface area (Å²) in [6.45, 7) is 3.63. The van der Waals surface area contributed by atoms with Crippen molar-refractivity contribution in [1.82, 2.24) is 4.57 Å². The number of amides is 1. The molecule has 3 rings (SSSR count). The molecule has 0 spiro atoms. The van der Waals surface area contributed by atoms with Crippen molar-refractivity contribution in [2.24, 2.45) is 4.99 Å². The number of esters is 1. The molecule has 0 fully saturated rings. The normalized spacial score (nSPS) is 12.6.